The van der Waals surface area contributed by atoms with Crippen LogP contribution in [0.3, 0.4) is 0 Å². The summed E-state index contributed by atoms with van der Waals surface area (Å²) in [5, 5.41) is 11.4. The van der Waals surface area contributed by atoms with Gasteiger partial charge in [-0.25, -0.2) is 0 Å². The van der Waals surface area contributed by atoms with Gasteiger partial charge >= 0.3 is 5.69 Å². The fourth-order valence-corrected chi connectivity index (χ4v) is 1.62. The molecule has 0 spiro atoms. The molecule has 0 atom stereocenters. The van der Waals surface area contributed by atoms with Crippen molar-refractivity contribution in [3.05, 3.63) is 28.7 Å². The van der Waals surface area contributed by atoms with Crippen molar-refractivity contribution in [2.24, 2.45) is 0 Å². The molecule has 0 radical (unpaired) electrons. The molecule has 4 heteroatoms. The van der Waals surface area contributed by atoms with Crippen LogP contribution in [0.1, 0.15) is 19.4 Å². The fraction of sp³-hybridized carbons (Fsp3) is 0.300. The van der Waals surface area contributed by atoms with Crippen LogP contribution < -0.4 is 5.32 Å². The van der Waals surface area contributed by atoms with E-state index in [1.807, 2.05) is 13.8 Å². The van der Waals surface area contributed by atoms with E-state index in [1.165, 1.54) is 0 Å². The lowest BCUT2D eigenvalue weighted by atomic mass is 9.86. The van der Waals surface area contributed by atoms with Gasteiger partial charge in [0.15, 0.2) is 4.98 Å². The molecule has 4 nitrogen and oxygen atoms in total. The third-order valence-corrected chi connectivity index (χ3v) is 2.61. The maximum Gasteiger partial charge on any atom is 0.385 e. The number of hydrogen-bond acceptors (Lipinski definition) is 2. The first-order chi connectivity index (χ1) is 6.55. The van der Waals surface area contributed by atoms with E-state index in [-0.39, 0.29) is 5.91 Å². The summed E-state index contributed by atoms with van der Waals surface area (Å²) in [6.07, 6.45) is 0. The molecule has 0 fully saturated rings. The number of nitrogens with one attached hydrogen (secondary N) is 1. The quantitative estimate of drug-likeness (QED) is 0.635. The number of carbonyl (C=O) groups is 1. The standard InChI is InChI=1S/C10H9N3O/c1-10(2)7-5-6(13-11)3-4-8(7)12-9(10)14/h3-5H,1-2H3/p+1. The lowest BCUT2D eigenvalue weighted by molar-refractivity contribution is -0.119. The Kier molecular flexibility index (Phi) is 1.58. The van der Waals surface area contributed by atoms with E-state index in [4.69, 9.17) is 5.39 Å². The number of carbonyl (C=O) groups excluding carboxylic acids is 1. The molecule has 1 aromatic carbocycles. The molecule has 0 unspecified atom stereocenters. The Bertz CT molecular complexity index is 457. The minimum atomic E-state index is -0.546. The Morgan fingerprint density at radius 1 is 1.43 bits per heavy atom. The van der Waals surface area contributed by atoms with E-state index in [1.54, 1.807) is 18.2 Å². The molecule has 1 aliphatic heterocycles. The highest BCUT2D eigenvalue weighted by atomic mass is 16.2. The number of nitrogens with zero attached hydrogens (tertiary/aromatic N) is 2. The molecular weight excluding hydrogens is 178 g/mol. The first-order valence-electron chi connectivity index (χ1n) is 4.37. The minimum absolute atomic E-state index is 0.0254. The summed E-state index contributed by atoms with van der Waals surface area (Å²) >= 11 is 0. The van der Waals surface area contributed by atoms with E-state index < -0.39 is 5.41 Å². The van der Waals surface area contributed by atoms with Gasteiger partial charge in [0.2, 0.25) is 11.3 Å². The highest BCUT2D eigenvalue weighted by Crippen LogP contribution is 2.39. The summed E-state index contributed by atoms with van der Waals surface area (Å²) in [5.74, 6) is -0.0254. The average molecular weight is 188 g/mol. The zero-order chi connectivity index (χ0) is 10.3. The van der Waals surface area contributed by atoms with E-state index >= 15 is 0 Å². The Morgan fingerprint density at radius 3 is 2.79 bits per heavy atom. The van der Waals surface area contributed by atoms with Gasteiger partial charge in [0.1, 0.15) is 0 Å². The lowest BCUT2D eigenvalue weighted by Gasteiger charge is -2.13. The lowest BCUT2D eigenvalue weighted by Crippen LogP contribution is -2.26. The van der Waals surface area contributed by atoms with Gasteiger partial charge in [-0.15, -0.1) is 0 Å². The van der Waals surface area contributed by atoms with Crippen LogP contribution in [0.2, 0.25) is 0 Å². The summed E-state index contributed by atoms with van der Waals surface area (Å²) in [6.45, 7) is 3.69. The van der Waals surface area contributed by atoms with Crippen LogP contribution in [0.15, 0.2) is 18.2 Å². The monoisotopic (exact) mass is 188 g/mol. The highest BCUT2D eigenvalue weighted by molar-refractivity contribution is 6.06. The predicted octanol–water partition coefficient (Wildman–Crippen LogP) is 2.40. The highest BCUT2D eigenvalue weighted by Gasteiger charge is 2.39. The second-order valence-corrected chi connectivity index (χ2v) is 3.91. The predicted molar refractivity (Wildman–Crippen MR) is 52.8 cm³/mol. The number of amides is 1. The van der Waals surface area contributed by atoms with Crippen LogP contribution in [-0.2, 0) is 10.2 Å². The first kappa shape index (κ1) is 8.70. The molecule has 1 N–H and O–H groups in total. The van der Waals surface area contributed by atoms with Gasteiger partial charge in [-0.1, -0.05) is 0 Å². The summed E-state index contributed by atoms with van der Waals surface area (Å²) in [5.41, 5.74) is 1.59. The first-order valence-corrected chi connectivity index (χ1v) is 4.37. The van der Waals surface area contributed by atoms with Crippen LogP contribution in [0, 0.1) is 5.39 Å². The molecule has 1 aromatic rings. The molecular formula is C10H10N3O+. The Morgan fingerprint density at radius 2 is 2.14 bits per heavy atom. The zero-order valence-electron chi connectivity index (χ0n) is 8.03. The van der Waals surface area contributed by atoms with Crippen molar-refractivity contribution in [2.75, 3.05) is 5.32 Å². The van der Waals surface area contributed by atoms with Gasteiger partial charge in [0.25, 0.3) is 0 Å². The minimum Gasteiger partial charge on any atom is -0.325 e. The van der Waals surface area contributed by atoms with Gasteiger partial charge in [-0.05, 0) is 25.5 Å². The van der Waals surface area contributed by atoms with Crippen LogP contribution >= 0.6 is 0 Å². The largest absolute Gasteiger partial charge is 0.385 e. The van der Waals surface area contributed by atoms with Gasteiger partial charge in [0.05, 0.1) is 5.41 Å². The number of rotatable bonds is 0. The van der Waals surface area contributed by atoms with Crippen LogP contribution in [0.5, 0.6) is 0 Å². The number of diazo groups is 1. The third-order valence-electron chi connectivity index (χ3n) is 2.61. The second-order valence-electron chi connectivity index (χ2n) is 3.91. The molecule has 2 rings (SSSR count). The second kappa shape index (κ2) is 2.55. The topological polar surface area (TPSA) is 57.2 Å². The van der Waals surface area contributed by atoms with Crippen molar-refractivity contribution in [2.45, 2.75) is 19.3 Å². The molecule has 0 saturated heterocycles. The number of fused-ring (bicyclic) bond motifs is 1. The number of hydrogen-bond donors (Lipinski definition) is 1. The number of anilines is 1. The summed E-state index contributed by atoms with van der Waals surface area (Å²) in [7, 11) is 0. The third kappa shape index (κ3) is 0.990. The Hall–Kier alpha value is -1.89. The van der Waals surface area contributed by atoms with Crippen LogP contribution in [-0.4, -0.2) is 5.91 Å². The smallest absolute Gasteiger partial charge is 0.325 e. The fourth-order valence-electron chi connectivity index (χ4n) is 1.62. The van der Waals surface area contributed by atoms with Crippen LogP contribution in [0.4, 0.5) is 11.4 Å². The number of benzene rings is 1. The molecule has 1 amide bonds. The van der Waals surface area contributed by atoms with Gasteiger partial charge < -0.3 is 5.32 Å². The van der Waals surface area contributed by atoms with Crippen molar-refractivity contribution >= 4 is 17.3 Å². The molecule has 1 aliphatic rings. The molecule has 1 heterocycles. The Labute approximate surface area is 81.6 Å². The van der Waals surface area contributed by atoms with Gasteiger partial charge in [-0.3, -0.25) is 4.79 Å². The molecule has 14 heavy (non-hydrogen) atoms. The van der Waals surface area contributed by atoms with Crippen molar-refractivity contribution < 1.29 is 4.79 Å². The zero-order valence-corrected chi connectivity index (χ0v) is 8.03. The van der Waals surface area contributed by atoms with E-state index in [0.29, 0.717) is 5.69 Å². The van der Waals surface area contributed by atoms with Crippen molar-refractivity contribution in [1.29, 1.82) is 5.39 Å². The van der Waals surface area contributed by atoms with Crippen molar-refractivity contribution in [3.8, 4) is 0 Å². The molecule has 0 aliphatic carbocycles. The molecule has 0 bridgehead atoms. The van der Waals surface area contributed by atoms with E-state index in [9.17, 15) is 4.79 Å². The van der Waals surface area contributed by atoms with E-state index in [0.717, 1.165) is 11.3 Å². The normalized spacial score (nSPS) is 17.1. The average Bonchev–Trinajstić information content (AvgIpc) is 2.38. The Balaban J connectivity index is 2.64. The molecule has 0 saturated carbocycles. The SMILES string of the molecule is CC1(C)C(=O)Nc2ccc([N+]#N)cc21. The van der Waals surface area contributed by atoms with Crippen LogP contribution in [0.25, 0.3) is 4.98 Å². The van der Waals surface area contributed by atoms with E-state index in [2.05, 4.69) is 10.3 Å². The summed E-state index contributed by atoms with van der Waals surface area (Å²) in [4.78, 5) is 14.6. The van der Waals surface area contributed by atoms with Crippen molar-refractivity contribution in [3.63, 3.8) is 0 Å². The molecule has 0 aromatic heterocycles. The van der Waals surface area contributed by atoms with Crippen molar-refractivity contribution in [1.82, 2.24) is 0 Å². The summed E-state index contributed by atoms with van der Waals surface area (Å²) < 4.78 is 0. The molecule has 70 valence electrons. The van der Waals surface area contributed by atoms with Gasteiger partial charge in [0, 0.05) is 17.8 Å². The maximum atomic E-state index is 11.5. The summed E-state index contributed by atoms with van der Waals surface area (Å²) in [6, 6.07) is 5.12. The van der Waals surface area contributed by atoms with Gasteiger partial charge in [-0.2, -0.15) is 0 Å². The maximum absolute atomic E-state index is 11.5.